The molecule has 2 heterocycles. The van der Waals surface area contributed by atoms with Gasteiger partial charge < -0.3 is 5.32 Å². The fraction of sp³-hybridized carbons (Fsp3) is 0.235. The fourth-order valence-electron chi connectivity index (χ4n) is 2.15. The molecule has 0 spiro atoms. The minimum Gasteiger partial charge on any atom is -0.301 e. The zero-order valence-electron chi connectivity index (χ0n) is 13.9. The van der Waals surface area contributed by atoms with E-state index in [1.807, 2.05) is 50.2 Å². The molecule has 3 aromatic rings. The topological polar surface area (TPSA) is 80.7 Å². The molecule has 0 bridgehead atoms. The van der Waals surface area contributed by atoms with E-state index in [1.54, 1.807) is 11.8 Å². The SMILES string of the molecule is Cc1nc(SCCC(=O)Nc2nnc(C)s2)cc(-c2ccccc2)n1. The van der Waals surface area contributed by atoms with E-state index in [9.17, 15) is 4.79 Å². The predicted molar refractivity (Wildman–Crippen MR) is 101 cm³/mol. The molecule has 25 heavy (non-hydrogen) atoms. The average molecular weight is 371 g/mol. The molecule has 0 fully saturated rings. The summed E-state index contributed by atoms with van der Waals surface area (Å²) in [5.41, 5.74) is 1.95. The summed E-state index contributed by atoms with van der Waals surface area (Å²) in [7, 11) is 0. The largest absolute Gasteiger partial charge is 0.301 e. The number of aryl methyl sites for hydroxylation is 2. The van der Waals surface area contributed by atoms with Crippen molar-refractivity contribution in [1.82, 2.24) is 20.2 Å². The molecule has 1 aromatic carbocycles. The molecule has 0 aliphatic heterocycles. The average Bonchev–Trinajstić information content (AvgIpc) is 3.00. The zero-order chi connectivity index (χ0) is 17.6. The standard InChI is InChI=1S/C17H17N5OS2/c1-11-18-14(13-6-4-3-5-7-13)10-16(19-11)24-9-8-15(23)20-17-22-21-12(2)25-17/h3-7,10H,8-9H2,1-2H3,(H,20,22,23). The molecule has 128 valence electrons. The molecular formula is C17H17N5OS2. The van der Waals surface area contributed by atoms with Gasteiger partial charge in [0.25, 0.3) is 0 Å². The zero-order valence-corrected chi connectivity index (χ0v) is 15.5. The number of amides is 1. The maximum atomic E-state index is 11.9. The van der Waals surface area contributed by atoms with Gasteiger partial charge >= 0.3 is 0 Å². The normalized spacial score (nSPS) is 10.6. The van der Waals surface area contributed by atoms with Gasteiger partial charge in [0.1, 0.15) is 15.9 Å². The van der Waals surface area contributed by atoms with Crippen LogP contribution in [0.4, 0.5) is 5.13 Å². The van der Waals surface area contributed by atoms with Crippen molar-refractivity contribution in [3.63, 3.8) is 0 Å². The second kappa shape index (κ2) is 8.17. The number of carbonyl (C=O) groups excluding carboxylic acids is 1. The van der Waals surface area contributed by atoms with Crippen molar-refractivity contribution in [2.24, 2.45) is 0 Å². The molecule has 2 aromatic heterocycles. The van der Waals surface area contributed by atoms with Crippen LogP contribution in [0, 0.1) is 13.8 Å². The number of hydrogen-bond acceptors (Lipinski definition) is 7. The molecule has 1 N–H and O–H groups in total. The van der Waals surface area contributed by atoms with Crippen LogP contribution in [0.3, 0.4) is 0 Å². The number of rotatable bonds is 6. The number of anilines is 1. The first-order chi connectivity index (χ1) is 12.1. The Morgan fingerprint density at radius 3 is 2.68 bits per heavy atom. The van der Waals surface area contributed by atoms with E-state index in [4.69, 9.17) is 0 Å². The second-order valence-corrected chi connectivity index (χ2v) is 7.57. The predicted octanol–water partition coefficient (Wildman–Crippen LogP) is 3.73. The van der Waals surface area contributed by atoms with E-state index in [-0.39, 0.29) is 5.91 Å². The lowest BCUT2D eigenvalue weighted by atomic mass is 10.1. The molecular weight excluding hydrogens is 354 g/mol. The lowest BCUT2D eigenvalue weighted by Gasteiger charge is -2.06. The Balaban J connectivity index is 1.58. The second-order valence-electron chi connectivity index (χ2n) is 5.28. The van der Waals surface area contributed by atoms with Gasteiger partial charge in [-0.15, -0.1) is 22.0 Å². The van der Waals surface area contributed by atoms with Gasteiger partial charge in [0, 0.05) is 17.7 Å². The van der Waals surface area contributed by atoms with Crippen LogP contribution in [0.15, 0.2) is 41.4 Å². The van der Waals surface area contributed by atoms with Crippen LogP contribution in [-0.4, -0.2) is 31.8 Å². The summed E-state index contributed by atoms with van der Waals surface area (Å²) in [6.07, 6.45) is 0.382. The minimum absolute atomic E-state index is 0.0716. The Kier molecular flexibility index (Phi) is 5.72. The van der Waals surface area contributed by atoms with Crippen molar-refractivity contribution in [2.75, 3.05) is 11.1 Å². The van der Waals surface area contributed by atoms with Crippen molar-refractivity contribution in [1.29, 1.82) is 0 Å². The highest BCUT2D eigenvalue weighted by molar-refractivity contribution is 7.99. The van der Waals surface area contributed by atoms with Gasteiger partial charge in [-0.05, 0) is 19.9 Å². The van der Waals surface area contributed by atoms with E-state index in [2.05, 4.69) is 25.5 Å². The van der Waals surface area contributed by atoms with Gasteiger partial charge in [-0.2, -0.15) is 0 Å². The molecule has 0 atom stereocenters. The Hall–Kier alpha value is -2.32. The highest BCUT2D eigenvalue weighted by atomic mass is 32.2. The molecule has 0 aliphatic carbocycles. The van der Waals surface area contributed by atoms with E-state index < -0.39 is 0 Å². The summed E-state index contributed by atoms with van der Waals surface area (Å²) in [5, 5.41) is 12.8. The highest BCUT2D eigenvalue weighted by Gasteiger charge is 2.08. The first kappa shape index (κ1) is 17.5. The number of nitrogens with one attached hydrogen (secondary N) is 1. The molecule has 0 saturated heterocycles. The van der Waals surface area contributed by atoms with Crippen molar-refractivity contribution in [3.8, 4) is 11.3 Å². The van der Waals surface area contributed by atoms with Gasteiger partial charge in [-0.1, -0.05) is 41.7 Å². The first-order valence-corrected chi connectivity index (χ1v) is 9.54. The molecule has 0 radical (unpaired) electrons. The van der Waals surface area contributed by atoms with Crippen LogP contribution < -0.4 is 5.32 Å². The van der Waals surface area contributed by atoms with Gasteiger partial charge in [0.15, 0.2) is 0 Å². The van der Waals surface area contributed by atoms with Crippen molar-refractivity contribution < 1.29 is 4.79 Å². The van der Waals surface area contributed by atoms with Gasteiger partial charge in [-0.3, -0.25) is 4.79 Å². The monoisotopic (exact) mass is 371 g/mol. The van der Waals surface area contributed by atoms with Crippen molar-refractivity contribution in [2.45, 2.75) is 25.3 Å². The van der Waals surface area contributed by atoms with Crippen LogP contribution in [-0.2, 0) is 4.79 Å². The molecule has 6 nitrogen and oxygen atoms in total. The Morgan fingerprint density at radius 1 is 1.16 bits per heavy atom. The van der Waals surface area contributed by atoms with Gasteiger partial charge in [0.2, 0.25) is 11.0 Å². The Morgan fingerprint density at radius 2 is 1.96 bits per heavy atom. The van der Waals surface area contributed by atoms with E-state index in [0.29, 0.717) is 17.3 Å². The molecule has 0 aliphatic rings. The number of nitrogens with zero attached hydrogens (tertiary/aromatic N) is 4. The smallest absolute Gasteiger partial charge is 0.227 e. The third-order valence-corrected chi connectivity index (χ3v) is 4.90. The van der Waals surface area contributed by atoms with Crippen LogP contribution >= 0.6 is 23.1 Å². The molecule has 8 heteroatoms. The Labute approximate surface area is 154 Å². The van der Waals surface area contributed by atoms with E-state index in [0.717, 1.165) is 27.1 Å². The molecule has 1 amide bonds. The van der Waals surface area contributed by atoms with Crippen LogP contribution in [0.5, 0.6) is 0 Å². The lowest BCUT2D eigenvalue weighted by molar-refractivity contribution is -0.115. The minimum atomic E-state index is -0.0716. The molecule has 0 unspecified atom stereocenters. The van der Waals surface area contributed by atoms with Crippen molar-refractivity contribution >= 4 is 34.1 Å². The van der Waals surface area contributed by atoms with Crippen LogP contribution in [0.2, 0.25) is 0 Å². The van der Waals surface area contributed by atoms with Gasteiger partial charge in [-0.25, -0.2) is 9.97 Å². The third-order valence-electron chi connectivity index (χ3n) is 3.24. The number of hydrogen-bond donors (Lipinski definition) is 1. The summed E-state index contributed by atoms with van der Waals surface area (Å²) in [5.74, 6) is 1.28. The maximum absolute atomic E-state index is 11.9. The van der Waals surface area contributed by atoms with Crippen molar-refractivity contribution in [3.05, 3.63) is 47.2 Å². The van der Waals surface area contributed by atoms with E-state index >= 15 is 0 Å². The summed E-state index contributed by atoms with van der Waals surface area (Å²) >= 11 is 2.91. The Bertz CT molecular complexity index is 866. The molecule has 0 saturated carbocycles. The van der Waals surface area contributed by atoms with Gasteiger partial charge in [0.05, 0.1) is 5.69 Å². The maximum Gasteiger partial charge on any atom is 0.227 e. The first-order valence-electron chi connectivity index (χ1n) is 7.74. The summed E-state index contributed by atoms with van der Waals surface area (Å²) < 4.78 is 0. The summed E-state index contributed by atoms with van der Waals surface area (Å²) in [6, 6.07) is 11.9. The quantitative estimate of drug-likeness (QED) is 0.525. The number of aromatic nitrogens is 4. The fourth-order valence-corrected chi connectivity index (χ4v) is 3.64. The third kappa shape index (κ3) is 5.07. The van der Waals surface area contributed by atoms with E-state index in [1.165, 1.54) is 11.3 Å². The number of benzene rings is 1. The number of carbonyl (C=O) groups is 1. The lowest BCUT2D eigenvalue weighted by Crippen LogP contribution is -2.12. The highest BCUT2D eigenvalue weighted by Crippen LogP contribution is 2.23. The number of thioether (sulfide) groups is 1. The summed E-state index contributed by atoms with van der Waals surface area (Å²) in [6.45, 7) is 3.73. The molecule has 3 rings (SSSR count). The van der Waals surface area contributed by atoms with Crippen LogP contribution in [0.25, 0.3) is 11.3 Å². The van der Waals surface area contributed by atoms with Crippen LogP contribution in [0.1, 0.15) is 17.3 Å². The summed E-state index contributed by atoms with van der Waals surface area (Å²) in [4.78, 5) is 20.9.